The number of thioether (sulfide) groups is 1. The summed E-state index contributed by atoms with van der Waals surface area (Å²) in [6.45, 7) is 7.04. The molecule has 0 spiro atoms. The minimum Gasteiger partial charge on any atom is -0.357 e. The Balaban J connectivity index is 0.00000338. The third kappa shape index (κ3) is 7.90. The van der Waals surface area contributed by atoms with Crippen molar-refractivity contribution >= 4 is 41.7 Å². The molecule has 9 heteroatoms. The van der Waals surface area contributed by atoms with Gasteiger partial charge in [-0.05, 0) is 50.3 Å². The van der Waals surface area contributed by atoms with Gasteiger partial charge < -0.3 is 15.2 Å². The Morgan fingerprint density at radius 2 is 2.00 bits per heavy atom. The summed E-state index contributed by atoms with van der Waals surface area (Å²) in [6.07, 6.45) is 2.70. The number of aromatic nitrogens is 3. The molecule has 1 aromatic carbocycles. The quantitative estimate of drug-likeness (QED) is 0.185. The molecule has 0 amide bonds. The molecule has 0 bridgehead atoms. The summed E-state index contributed by atoms with van der Waals surface area (Å²) in [7, 11) is 0. The van der Waals surface area contributed by atoms with E-state index < -0.39 is 0 Å². The Morgan fingerprint density at radius 1 is 1.23 bits per heavy atom. The SMILES string of the molecule is CCNC(=NCc1nncn1CC)NCCCSc1ccc(F)cc1.I. The van der Waals surface area contributed by atoms with Gasteiger partial charge in [0.2, 0.25) is 0 Å². The lowest BCUT2D eigenvalue weighted by Crippen LogP contribution is -2.38. The highest BCUT2D eigenvalue weighted by Crippen LogP contribution is 2.18. The minimum atomic E-state index is -0.198. The maximum absolute atomic E-state index is 12.9. The topological polar surface area (TPSA) is 67.1 Å². The first-order valence-corrected chi connectivity index (χ1v) is 9.48. The van der Waals surface area contributed by atoms with Gasteiger partial charge in [0.25, 0.3) is 0 Å². The lowest BCUT2D eigenvalue weighted by Gasteiger charge is -2.11. The summed E-state index contributed by atoms with van der Waals surface area (Å²) in [4.78, 5) is 5.64. The molecule has 0 radical (unpaired) electrons. The number of benzene rings is 1. The van der Waals surface area contributed by atoms with Crippen LogP contribution in [0.4, 0.5) is 4.39 Å². The summed E-state index contributed by atoms with van der Waals surface area (Å²) in [5.41, 5.74) is 0. The molecule has 2 rings (SSSR count). The molecule has 0 saturated carbocycles. The fourth-order valence-electron chi connectivity index (χ4n) is 2.16. The zero-order valence-electron chi connectivity index (χ0n) is 15.1. The second-order valence-electron chi connectivity index (χ2n) is 5.31. The number of halogens is 2. The predicted octanol–water partition coefficient (Wildman–Crippen LogP) is 3.29. The predicted molar refractivity (Wildman–Crippen MR) is 116 cm³/mol. The molecule has 0 unspecified atom stereocenters. The van der Waals surface area contributed by atoms with E-state index >= 15 is 0 Å². The molecule has 26 heavy (non-hydrogen) atoms. The number of nitrogens with zero attached hydrogens (tertiary/aromatic N) is 4. The van der Waals surface area contributed by atoms with E-state index in [1.165, 1.54) is 12.1 Å². The molecular weight excluding hydrogens is 466 g/mol. The van der Waals surface area contributed by atoms with Gasteiger partial charge in [0.05, 0.1) is 0 Å². The fourth-order valence-corrected chi connectivity index (χ4v) is 3.01. The van der Waals surface area contributed by atoms with Crippen molar-refractivity contribution < 1.29 is 4.39 Å². The van der Waals surface area contributed by atoms with Gasteiger partial charge in [-0.2, -0.15) is 0 Å². The Kier molecular flexibility index (Phi) is 11.3. The van der Waals surface area contributed by atoms with E-state index in [-0.39, 0.29) is 29.8 Å². The second kappa shape index (κ2) is 12.9. The highest BCUT2D eigenvalue weighted by Gasteiger charge is 2.03. The molecule has 0 aliphatic rings. The van der Waals surface area contributed by atoms with Crippen LogP contribution >= 0.6 is 35.7 Å². The van der Waals surface area contributed by atoms with Crippen molar-refractivity contribution in [1.82, 2.24) is 25.4 Å². The highest BCUT2D eigenvalue weighted by molar-refractivity contribution is 14.0. The maximum atomic E-state index is 12.9. The summed E-state index contributed by atoms with van der Waals surface area (Å²) in [5.74, 6) is 2.39. The molecule has 2 N–H and O–H groups in total. The van der Waals surface area contributed by atoms with Gasteiger partial charge in [0, 0.05) is 24.5 Å². The van der Waals surface area contributed by atoms with Gasteiger partial charge in [-0.25, -0.2) is 9.38 Å². The van der Waals surface area contributed by atoms with Crippen molar-refractivity contribution in [3.63, 3.8) is 0 Å². The standard InChI is InChI=1S/C17H25FN6S.HI/c1-3-19-17(21-12-16-23-22-13-24(16)4-2)20-10-5-11-25-15-8-6-14(18)7-9-15;/h6-9,13H,3-5,10-12H2,1-2H3,(H2,19,20,21);1H. The zero-order chi connectivity index (χ0) is 17.9. The number of hydrogen-bond donors (Lipinski definition) is 2. The van der Waals surface area contributed by atoms with Crippen molar-refractivity contribution in [3.8, 4) is 0 Å². The lowest BCUT2D eigenvalue weighted by atomic mass is 10.4. The number of nitrogens with one attached hydrogen (secondary N) is 2. The van der Waals surface area contributed by atoms with Gasteiger partial charge >= 0.3 is 0 Å². The van der Waals surface area contributed by atoms with Gasteiger partial charge in [-0.3, -0.25) is 0 Å². The average Bonchev–Trinajstić information content (AvgIpc) is 3.08. The molecule has 2 aromatic rings. The first-order chi connectivity index (χ1) is 12.2. The van der Waals surface area contributed by atoms with Crippen LogP contribution in [0.15, 0.2) is 40.5 Å². The molecule has 0 fully saturated rings. The van der Waals surface area contributed by atoms with Crippen molar-refractivity contribution in [3.05, 3.63) is 42.2 Å². The molecule has 1 aromatic heterocycles. The van der Waals surface area contributed by atoms with Crippen LogP contribution in [0, 0.1) is 5.82 Å². The van der Waals surface area contributed by atoms with Crippen molar-refractivity contribution in [1.29, 1.82) is 0 Å². The Morgan fingerprint density at radius 3 is 2.69 bits per heavy atom. The molecule has 0 atom stereocenters. The first-order valence-electron chi connectivity index (χ1n) is 8.50. The van der Waals surface area contributed by atoms with Crippen molar-refractivity contribution in [2.75, 3.05) is 18.8 Å². The summed E-state index contributed by atoms with van der Waals surface area (Å²) in [5, 5.41) is 14.6. The minimum absolute atomic E-state index is 0. The number of aliphatic imine (C=N–C) groups is 1. The smallest absolute Gasteiger partial charge is 0.191 e. The highest BCUT2D eigenvalue weighted by atomic mass is 127. The third-order valence-corrected chi connectivity index (χ3v) is 4.55. The van der Waals surface area contributed by atoms with Gasteiger partial charge in [0.15, 0.2) is 11.8 Å². The van der Waals surface area contributed by atoms with Crippen LogP contribution in [0.1, 0.15) is 26.1 Å². The first kappa shape index (κ1) is 22.7. The molecule has 1 heterocycles. The Labute approximate surface area is 175 Å². The van der Waals surface area contributed by atoms with E-state index in [0.29, 0.717) is 6.54 Å². The largest absolute Gasteiger partial charge is 0.357 e. The maximum Gasteiger partial charge on any atom is 0.191 e. The molecule has 0 aliphatic heterocycles. The summed E-state index contributed by atoms with van der Waals surface area (Å²) in [6, 6.07) is 6.60. The van der Waals surface area contributed by atoms with Crippen molar-refractivity contribution in [2.45, 2.75) is 38.3 Å². The zero-order valence-corrected chi connectivity index (χ0v) is 18.3. The van der Waals surface area contributed by atoms with E-state index in [1.54, 1.807) is 18.1 Å². The Hall–Kier alpha value is -1.36. The van der Waals surface area contributed by atoms with E-state index in [9.17, 15) is 4.39 Å². The van der Waals surface area contributed by atoms with E-state index in [1.807, 2.05) is 23.6 Å². The molecule has 6 nitrogen and oxygen atoms in total. The van der Waals surface area contributed by atoms with E-state index in [2.05, 4.69) is 32.7 Å². The number of guanidine groups is 1. The molecular formula is C17H26FIN6S. The van der Waals surface area contributed by atoms with Crippen LogP contribution in [0.5, 0.6) is 0 Å². The van der Waals surface area contributed by atoms with Gasteiger partial charge in [0.1, 0.15) is 18.7 Å². The van der Waals surface area contributed by atoms with Crippen LogP contribution in [0.2, 0.25) is 0 Å². The van der Waals surface area contributed by atoms with Crippen LogP contribution in [0.3, 0.4) is 0 Å². The van der Waals surface area contributed by atoms with Crippen LogP contribution in [0.25, 0.3) is 0 Å². The van der Waals surface area contributed by atoms with E-state index in [0.717, 1.165) is 48.5 Å². The number of rotatable bonds is 9. The number of hydrogen-bond acceptors (Lipinski definition) is 4. The van der Waals surface area contributed by atoms with Gasteiger partial charge in [-0.15, -0.1) is 45.9 Å². The normalized spacial score (nSPS) is 11.1. The van der Waals surface area contributed by atoms with Crippen LogP contribution < -0.4 is 10.6 Å². The van der Waals surface area contributed by atoms with Crippen LogP contribution in [-0.4, -0.2) is 39.6 Å². The molecule has 144 valence electrons. The lowest BCUT2D eigenvalue weighted by molar-refractivity contribution is 0.626. The fraction of sp³-hybridized carbons (Fsp3) is 0.471. The van der Waals surface area contributed by atoms with Crippen molar-refractivity contribution in [2.24, 2.45) is 4.99 Å². The second-order valence-corrected chi connectivity index (χ2v) is 6.48. The summed E-state index contributed by atoms with van der Waals surface area (Å²) >= 11 is 1.72. The third-order valence-electron chi connectivity index (χ3n) is 3.46. The average molecular weight is 492 g/mol. The van der Waals surface area contributed by atoms with E-state index in [4.69, 9.17) is 0 Å². The monoisotopic (exact) mass is 492 g/mol. The molecule has 0 saturated heterocycles. The summed E-state index contributed by atoms with van der Waals surface area (Å²) < 4.78 is 14.8. The van der Waals surface area contributed by atoms with Gasteiger partial charge in [-0.1, -0.05) is 0 Å². The number of aryl methyl sites for hydroxylation is 1. The van der Waals surface area contributed by atoms with Crippen LogP contribution in [-0.2, 0) is 13.1 Å². The Bertz CT molecular complexity index is 662. The molecule has 0 aliphatic carbocycles.